The molecule has 0 spiro atoms. The van der Waals surface area contributed by atoms with Crippen LogP contribution in [0, 0.1) is 11.8 Å². The Morgan fingerprint density at radius 3 is 3.00 bits per heavy atom. The predicted molar refractivity (Wildman–Crippen MR) is 51.3 cm³/mol. The van der Waals surface area contributed by atoms with Crippen molar-refractivity contribution in [2.24, 2.45) is 11.8 Å². The number of hydrogen-bond donors (Lipinski definition) is 2. The molecule has 3 unspecified atom stereocenters. The first kappa shape index (κ1) is 9.00. The Labute approximate surface area is 79.3 Å². The van der Waals surface area contributed by atoms with Gasteiger partial charge in [-0.05, 0) is 25.3 Å². The number of carbonyl (C=O) groups is 1. The maximum absolute atomic E-state index is 11.6. The summed E-state index contributed by atoms with van der Waals surface area (Å²) in [6.07, 6.45) is 3.41. The lowest BCUT2D eigenvalue weighted by molar-refractivity contribution is -0.124. The lowest BCUT2D eigenvalue weighted by atomic mass is 10.1. The van der Waals surface area contributed by atoms with Crippen molar-refractivity contribution in [3.05, 3.63) is 0 Å². The summed E-state index contributed by atoms with van der Waals surface area (Å²) in [4.78, 5) is 11.6. The molecule has 74 valence electrons. The first-order valence-corrected chi connectivity index (χ1v) is 5.32. The van der Waals surface area contributed by atoms with Crippen molar-refractivity contribution < 1.29 is 4.79 Å². The van der Waals surface area contributed by atoms with E-state index in [1.54, 1.807) is 0 Å². The van der Waals surface area contributed by atoms with E-state index in [-0.39, 0.29) is 11.8 Å². The molecule has 0 radical (unpaired) electrons. The molecule has 0 aromatic heterocycles. The lowest BCUT2D eigenvalue weighted by Crippen LogP contribution is -2.34. The maximum Gasteiger partial charge on any atom is 0.224 e. The molecule has 3 atom stereocenters. The number of nitrogens with one attached hydrogen (secondary N) is 2. The van der Waals surface area contributed by atoms with Gasteiger partial charge in [-0.25, -0.2) is 0 Å². The fourth-order valence-electron chi connectivity index (χ4n) is 2.05. The summed E-state index contributed by atoms with van der Waals surface area (Å²) < 4.78 is 0. The number of hydrogen-bond acceptors (Lipinski definition) is 2. The second kappa shape index (κ2) is 3.66. The van der Waals surface area contributed by atoms with Gasteiger partial charge >= 0.3 is 0 Å². The van der Waals surface area contributed by atoms with Crippen molar-refractivity contribution in [2.45, 2.75) is 32.2 Å². The van der Waals surface area contributed by atoms with Crippen LogP contribution in [-0.2, 0) is 4.79 Å². The largest absolute Gasteiger partial charge is 0.353 e. The molecule has 2 rings (SSSR count). The second-order valence-corrected chi connectivity index (χ2v) is 4.21. The van der Waals surface area contributed by atoms with Crippen LogP contribution in [0.5, 0.6) is 0 Å². The molecule has 1 heterocycles. The molecule has 2 N–H and O–H groups in total. The van der Waals surface area contributed by atoms with Crippen molar-refractivity contribution >= 4 is 5.91 Å². The summed E-state index contributed by atoms with van der Waals surface area (Å²) >= 11 is 0. The summed E-state index contributed by atoms with van der Waals surface area (Å²) in [6.45, 7) is 4.06. The van der Waals surface area contributed by atoms with E-state index in [0.29, 0.717) is 6.04 Å². The molecule has 2 aliphatic rings. The Morgan fingerprint density at radius 2 is 2.46 bits per heavy atom. The summed E-state index contributed by atoms with van der Waals surface area (Å²) in [5, 5.41) is 6.33. The molecule has 2 fully saturated rings. The highest BCUT2D eigenvalue weighted by atomic mass is 16.2. The summed E-state index contributed by atoms with van der Waals surface area (Å²) in [7, 11) is 0. The van der Waals surface area contributed by atoms with Gasteiger partial charge in [0.15, 0.2) is 0 Å². The Morgan fingerprint density at radius 1 is 1.62 bits per heavy atom. The van der Waals surface area contributed by atoms with Crippen molar-refractivity contribution in [3.63, 3.8) is 0 Å². The Hall–Kier alpha value is -0.570. The van der Waals surface area contributed by atoms with Crippen LogP contribution in [0.25, 0.3) is 0 Å². The van der Waals surface area contributed by atoms with Crippen LogP contribution in [0.4, 0.5) is 0 Å². The molecular weight excluding hydrogens is 164 g/mol. The van der Waals surface area contributed by atoms with E-state index in [4.69, 9.17) is 0 Å². The monoisotopic (exact) mass is 182 g/mol. The second-order valence-electron chi connectivity index (χ2n) is 4.21. The summed E-state index contributed by atoms with van der Waals surface area (Å²) in [5.41, 5.74) is 0. The molecule has 1 aliphatic carbocycles. The Bertz CT molecular complexity index is 199. The molecule has 1 saturated carbocycles. The molecule has 0 aromatic carbocycles. The third kappa shape index (κ3) is 2.02. The fraction of sp³-hybridized carbons (Fsp3) is 0.900. The van der Waals surface area contributed by atoms with Crippen LogP contribution in [0.2, 0.25) is 0 Å². The first-order valence-electron chi connectivity index (χ1n) is 5.32. The zero-order chi connectivity index (χ0) is 9.26. The Kier molecular flexibility index (Phi) is 2.54. The highest BCUT2D eigenvalue weighted by molar-refractivity contribution is 5.79. The summed E-state index contributed by atoms with van der Waals surface area (Å²) in [5.74, 6) is 1.27. The third-order valence-corrected chi connectivity index (χ3v) is 3.21. The van der Waals surface area contributed by atoms with Crippen molar-refractivity contribution in [1.29, 1.82) is 0 Å². The normalized spacial score (nSPS) is 37.5. The first-order chi connectivity index (χ1) is 6.31. The van der Waals surface area contributed by atoms with E-state index in [9.17, 15) is 4.79 Å². The van der Waals surface area contributed by atoms with Crippen LogP contribution in [-0.4, -0.2) is 25.0 Å². The van der Waals surface area contributed by atoms with E-state index in [1.807, 2.05) is 0 Å². The number of carbonyl (C=O) groups excluding carboxylic acids is 1. The van der Waals surface area contributed by atoms with Gasteiger partial charge in [-0.2, -0.15) is 0 Å². The van der Waals surface area contributed by atoms with E-state index < -0.39 is 0 Å². The van der Waals surface area contributed by atoms with Gasteiger partial charge in [0.25, 0.3) is 0 Å². The van der Waals surface area contributed by atoms with Crippen molar-refractivity contribution in [3.8, 4) is 0 Å². The van der Waals surface area contributed by atoms with Gasteiger partial charge in [-0.15, -0.1) is 0 Å². The average molecular weight is 182 g/mol. The van der Waals surface area contributed by atoms with Gasteiger partial charge in [0.05, 0.1) is 5.92 Å². The fourth-order valence-corrected chi connectivity index (χ4v) is 2.05. The molecule has 1 aliphatic heterocycles. The quantitative estimate of drug-likeness (QED) is 0.667. The zero-order valence-electron chi connectivity index (χ0n) is 8.18. The van der Waals surface area contributed by atoms with E-state index in [2.05, 4.69) is 17.6 Å². The lowest BCUT2D eigenvalue weighted by Gasteiger charge is -2.08. The topological polar surface area (TPSA) is 41.1 Å². The molecule has 0 aromatic rings. The van der Waals surface area contributed by atoms with E-state index >= 15 is 0 Å². The van der Waals surface area contributed by atoms with Gasteiger partial charge in [0.1, 0.15) is 0 Å². The van der Waals surface area contributed by atoms with E-state index in [1.165, 1.54) is 12.8 Å². The van der Waals surface area contributed by atoms with Crippen molar-refractivity contribution in [2.75, 3.05) is 13.1 Å². The zero-order valence-corrected chi connectivity index (χ0v) is 8.18. The van der Waals surface area contributed by atoms with Crippen molar-refractivity contribution in [1.82, 2.24) is 10.6 Å². The molecule has 1 saturated heterocycles. The van der Waals surface area contributed by atoms with Crippen LogP contribution < -0.4 is 10.6 Å². The molecule has 1 amide bonds. The SMILES string of the molecule is CCC1CC1NC(=O)C1CCNC1. The number of amides is 1. The molecular formula is C10H18N2O. The molecule has 3 heteroatoms. The third-order valence-electron chi connectivity index (χ3n) is 3.21. The summed E-state index contributed by atoms with van der Waals surface area (Å²) in [6, 6.07) is 0.498. The van der Waals surface area contributed by atoms with E-state index in [0.717, 1.165) is 25.4 Å². The minimum absolute atomic E-state index is 0.234. The van der Waals surface area contributed by atoms with Crippen LogP contribution in [0.1, 0.15) is 26.2 Å². The highest BCUT2D eigenvalue weighted by Crippen LogP contribution is 2.33. The maximum atomic E-state index is 11.6. The van der Waals surface area contributed by atoms with Gasteiger partial charge in [0.2, 0.25) is 5.91 Å². The van der Waals surface area contributed by atoms with Gasteiger partial charge in [-0.1, -0.05) is 13.3 Å². The predicted octanol–water partition coefficient (Wildman–Crippen LogP) is 0.511. The standard InChI is InChI=1S/C10H18N2O/c1-2-7-5-9(7)12-10(13)8-3-4-11-6-8/h7-9,11H,2-6H2,1H3,(H,12,13). The van der Waals surface area contributed by atoms with Crippen LogP contribution in [0.3, 0.4) is 0 Å². The average Bonchev–Trinajstić information content (AvgIpc) is 2.68. The number of rotatable bonds is 3. The molecule has 3 nitrogen and oxygen atoms in total. The minimum Gasteiger partial charge on any atom is -0.353 e. The molecule has 13 heavy (non-hydrogen) atoms. The van der Waals surface area contributed by atoms with Gasteiger partial charge in [0, 0.05) is 12.6 Å². The Balaban J connectivity index is 1.72. The minimum atomic E-state index is 0.234. The molecule has 0 bridgehead atoms. The van der Waals surface area contributed by atoms with Crippen LogP contribution >= 0.6 is 0 Å². The highest BCUT2D eigenvalue weighted by Gasteiger charge is 2.37. The van der Waals surface area contributed by atoms with Gasteiger partial charge in [-0.3, -0.25) is 4.79 Å². The van der Waals surface area contributed by atoms with Crippen LogP contribution in [0.15, 0.2) is 0 Å². The van der Waals surface area contributed by atoms with Gasteiger partial charge < -0.3 is 10.6 Å². The smallest absolute Gasteiger partial charge is 0.224 e.